The van der Waals surface area contributed by atoms with Gasteiger partial charge in [0, 0.05) is 25.3 Å². The van der Waals surface area contributed by atoms with Gasteiger partial charge in [-0.2, -0.15) is 0 Å². The van der Waals surface area contributed by atoms with E-state index in [4.69, 9.17) is 0 Å². The number of nitrogens with zero attached hydrogens (tertiary/aromatic N) is 2. The van der Waals surface area contributed by atoms with E-state index in [-0.39, 0.29) is 11.1 Å². The molecule has 2 N–H and O–H groups in total. The second kappa shape index (κ2) is 7.56. The molecular formula is C13H24N4O2S. The maximum absolute atomic E-state index is 12.3. The molecule has 20 heavy (non-hydrogen) atoms. The first-order chi connectivity index (χ1) is 9.38. The Morgan fingerprint density at radius 3 is 2.70 bits per heavy atom. The van der Waals surface area contributed by atoms with Gasteiger partial charge in [-0.1, -0.05) is 6.92 Å². The summed E-state index contributed by atoms with van der Waals surface area (Å²) in [4.78, 5) is 5.96. The Bertz CT molecular complexity index is 517. The molecule has 1 aromatic rings. The molecule has 114 valence electrons. The smallest absolute Gasteiger partial charge is 0.260 e. The van der Waals surface area contributed by atoms with Crippen molar-refractivity contribution in [1.29, 1.82) is 0 Å². The van der Waals surface area contributed by atoms with Crippen LogP contribution in [0.3, 0.4) is 0 Å². The fraction of sp³-hybridized carbons (Fsp3) is 0.615. The van der Waals surface area contributed by atoms with E-state index in [0.29, 0.717) is 18.8 Å². The van der Waals surface area contributed by atoms with Crippen molar-refractivity contribution in [2.75, 3.05) is 32.5 Å². The van der Waals surface area contributed by atoms with Crippen LogP contribution in [-0.2, 0) is 10.0 Å². The predicted molar refractivity (Wildman–Crippen MR) is 81.4 cm³/mol. The summed E-state index contributed by atoms with van der Waals surface area (Å²) >= 11 is 0. The molecule has 1 rings (SSSR count). The topological polar surface area (TPSA) is 74.3 Å². The number of sulfonamides is 1. The second-order valence-electron chi connectivity index (χ2n) is 4.95. The van der Waals surface area contributed by atoms with Crippen molar-refractivity contribution in [2.45, 2.75) is 31.3 Å². The third-order valence-corrected chi connectivity index (χ3v) is 4.42. The Kier molecular flexibility index (Phi) is 6.38. The predicted octanol–water partition coefficient (Wildman–Crippen LogP) is 1.13. The van der Waals surface area contributed by atoms with Crippen LogP contribution in [0.1, 0.15) is 20.3 Å². The summed E-state index contributed by atoms with van der Waals surface area (Å²) in [5.74, 6) is 0. The van der Waals surface area contributed by atoms with E-state index in [2.05, 4.69) is 15.0 Å². The van der Waals surface area contributed by atoms with Crippen LogP contribution in [0.2, 0.25) is 0 Å². The average Bonchev–Trinajstić information content (AvgIpc) is 2.42. The van der Waals surface area contributed by atoms with Gasteiger partial charge < -0.3 is 10.2 Å². The van der Waals surface area contributed by atoms with Gasteiger partial charge in [-0.15, -0.1) is 0 Å². The van der Waals surface area contributed by atoms with Gasteiger partial charge in [0.1, 0.15) is 0 Å². The number of rotatable bonds is 8. The molecule has 0 aromatic carbocycles. The Labute approximate surface area is 121 Å². The SMILES string of the molecule is CCCNc1cccnc1S(=O)(=O)NCC(C)N(C)C. The van der Waals surface area contributed by atoms with Crippen molar-refractivity contribution in [1.82, 2.24) is 14.6 Å². The van der Waals surface area contributed by atoms with Gasteiger partial charge in [-0.25, -0.2) is 18.1 Å². The number of aromatic nitrogens is 1. The molecule has 0 aliphatic heterocycles. The van der Waals surface area contributed by atoms with Gasteiger partial charge in [0.2, 0.25) is 0 Å². The lowest BCUT2D eigenvalue weighted by Crippen LogP contribution is -2.38. The zero-order valence-corrected chi connectivity index (χ0v) is 13.4. The van der Waals surface area contributed by atoms with Crippen molar-refractivity contribution in [2.24, 2.45) is 0 Å². The molecule has 1 aromatic heterocycles. The third kappa shape index (κ3) is 4.73. The fourth-order valence-corrected chi connectivity index (χ4v) is 2.71. The first-order valence-corrected chi connectivity index (χ1v) is 8.21. The van der Waals surface area contributed by atoms with Crippen LogP contribution >= 0.6 is 0 Å². The summed E-state index contributed by atoms with van der Waals surface area (Å²) in [6, 6.07) is 3.56. The van der Waals surface area contributed by atoms with Crippen LogP contribution in [0.15, 0.2) is 23.4 Å². The van der Waals surface area contributed by atoms with Crippen LogP contribution in [0.4, 0.5) is 5.69 Å². The van der Waals surface area contributed by atoms with Crippen molar-refractivity contribution >= 4 is 15.7 Å². The molecular weight excluding hydrogens is 276 g/mol. The summed E-state index contributed by atoms with van der Waals surface area (Å²) in [6.45, 7) is 5.03. The highest BCUT2D eigenvalue weighted by Crippen LogP contribution is 2.17. The Balaban J connectivity index is 2.86. The molecule has 0 radical (unpaired) electrons. The number of anilines is 1. The highest BCUT2D eigenvalue weighted by molar-refractivity contribution is 7.89. The van der Waals surface area contributed by atoms with Gasteiger partial charge in [-0.3, -0.25) is 0 Å². The maximum Gasteiger partial charge on any atom is 0.260 e. The summed E-state index contributed by atoms with van der Waals surface area (Å²) in [7, 11) is 0.221. The lowest BCUT2D eigenvalue weighted by molar-refractivity contribution is 0.314. The third-order valence-electron chi connectivity index (χ3n) is 3.04. The molecule has 0 bridgehead atoms. The highest BCUT2D eigenvalue weighted by atomic mass is 32.2. The van der Waals surface area contributed by atoms with E-state index < -0.39 is 10.0 Å². The monoisotopic (exact) mass is 300 g/mol. The zero-order chi connectivity index (χ0) is 15.2. The first kappa shape index (κ1) is 16.9. The Morgan fingerprint density at radius 1 is 1.40 bits per heavy atom. The zero-order valence-electron chi connectivity index (χ0n) is 12.5. The van der Waals surface area contributed by atoms with Crippen molar-refractivity contribution in [3.8, 4) is 0 Å². The number of hydrogen-bond acceptors (Lipinski definition) is 5. The van der Waals surface area contributed by atoms with E-state index in [1.807, 2.05) is 32.8 Å². The van der Waals surface area contributed by atoms with Gasteiger partial charge in [0.05, 0.1) is 5.69 Å². The number of hydrogen-bond donors (Lipinski definition) is 2. The molecule has 6 nitrogen and oxygen atoms in total. The van der Waals surface area contributed by atoms with E-state index in [9.17, 15) is 8.42 Å². The minimum Gasteiger partial charge on any atom is -0.383 e. The van der Waals surface area contributed by atoms with Crippen molar-refractivity contribution in [3.05, 3.63) is 18.3 Å². The molecule has 0 aliphatic rings. The van der Waals surface area contributed by atoms with Crippen LogP contribution in [-0.4, -0.2) is 51.5 Å². The summed E-state index contributed by atoms with van der Waals surface area (Å²) in [6.07, 6.45) is 2.40. The van der Waals surface area contributed by atoms with Crippen LogP contribution in [0, 0.1) is 0 Å². The minimum absolute atomic E-state index is 0.0550. The lowest BCUT2D eigenvalue weighted by Gasteiger charge is -2.20. The Morgan fingerprint density at radius 2 is 2.10 bits per heavy atom. The summed E-state index contributed by atoms with van der Waals surface area (Å²) in [5, 5.41) is 3.14. The van der Waals surface area contributed by atoms with Gasteiger partial charge in [0.15, 0.2) is 5.03 Å². The van der Waals surface area contributed by atoms with Crippen LogP contribution in [0.5, 0.6) is 0 Å². The number of likely N-dealkylation sites (N-methyl/N-ethyl adjacent to an activating group) is 1. The second-order valence-corrected chi connectivity index (χ2v) is 6.63. The van der Waals surface area contributed by atoms with E-state index in [1.165, 1.54) is 6.20 Å². The first-order valence-electron chi connectivity index (χ1n) is 6.73. The molecule has 1 atom stereocenters. The quantitative estimate of drug-likeness (QED) is 0.753. The fourth-order valence-electron chi connectivity index (χ4n) is 1.48. The summed E-state index contributed by atoms with van der Waals surface area (Å²) in [5.41, 5.74) is 0.541. The van der Waals surface area contributed by atoms with Gasteiger partial charge in [-0.05, 0) is 39.6 Å². The number of pyridine rings is 1. The molecule has 0 fully saturated rings. The molecule has 0 spiro atoms. The molecule has 1 unspecified atom stereocenters. The van der Waals surface area contributed by atoms with E-state index >= 15 is 0 Å². The molecule has 0 amide bonds. The maximum atomic E-state index is 12.3. The Hall–Kier alpha value is -1.18. The molecule has 0 saturated heterocycles. The normalized spacial score (nSPS) is 13.4. The standard InChI is InChI=1S/C13H24N4O2S/c1-5-8-14-12-7-6-9-15-13(12)20(18,19)16-10-11(2)17(3)4/h6-7,9,11,14,16H,5,8,10H2,1-4H3. The molecule has 0 saturated carbocycles. The average molecular weight is 300 g/mol. The van der Waals surface area contributed by atoms with Crippen LogP contribution < -0.4 is 10.0 Å². The van der Waals surface area contributed by atoms with Gasteiger partial charge >= 0.3 is 0 Å². The highest BCUT2D eigenvalue weighted by Gasteiger charge is 2.20. The molecule has 7 heteroatoms. The van der Waals surface area contributed by atoms with Crippen molar-refractivity contribution < 1.29 is 8.42 Å². The van der Waals surface area contributed by atoms with Crippen molar-refractivity contribution in [3.63, 3.8) is 0 Å². The van der Waals surface area contributed by atoms with E-state index in [1.54, 1.807) is 12.1 Å². The summed E-state index contributed by atoms with van der Waals surface area (Å²) < 4.78 is 27.2. The van der Waals surface area contributed by atoms with Crippen LogP contribution in [0.25, 0.3) is 0 Å². The van der Waals surface area contributed by atoms with E-state index in [0.717, 1.165) is 6.42 Å². The van der Waals surface area contributed by atoms with Gasteiger partial charge in [0.25, 0.3) is 10.0 Å². The largest absolute Gasteiger partial charge is 0.383 e. The number of nitrogens with one attached hydrogen (secondary N) is 2. The molecule has 0 aliphatic carbocycles. The lowest BCUT2D eigenvalue weighted by atomic mass is 10.3. The minimum atomic E-state index is -3.60. The molecule has 1 heterocycles.